The molecule has 10 heteroatoms. The monoisotopic (exact) mass is 596 g/mol. The number of nitrogens with zero attached hydrogens (tertiary/aromatic N) is 1. The molecule has 0 saturated carbocycles. The van der Waals surface area contributed by atoms with Crippen molar-refractivity contribution in [3.63, 3.8) is 0 Å². The molecule has 4 rings (SSSR count). The molecule has 37 heavy (non-hydrogen) atoms. The number of aromatic nitrogens is 1. The van der Waals surface area contributed by atoms with Gasteiger partial charge in [-0.25, -0.2) is 8.78 Å². The third-order valence-electron chi connectivity index (χ3n) is 5.90. The van der Waals surface area contributed by atoms with E-state index in [9.17, 15) is 27.1 Å². The summed E-state index contributed by atoms with van der Waals surface area (Å²) in [5.41, 5.74) is -1.48. The van der Waals surface area contributed by atoms with Crippen molar-refractivity contribution in [2.24, 2.45) is 0 Å². The average Bonchev–Trinajstić information content (AvgIpc) is 2.85. The molecule has 4 aromatic rings. The summed E-state index contributed by atoms with van der Waals surface area (Å²) in [4.78, 5) is 4.38. The molecule has 1 heterocycles. The first kappa shape index (κ1) is 27.0. The van der Waals surface area contributed by atoms with Crippen molar-refractivity contribution in [2.75, 3.05) is 0 Å². The molecule has 0 spiro atoms. The van der Waals surface area contributed by atoms with Gasteiger partial charge in [0.25, 0.3) is 0 Å². The van der Waals surface area contributed by atoms with Gasteiger partial charge in [0.05, 0.1) is 26.3 Å². The predicted octanol–water partition coefficient (Wildman–Crippen LogP) is 7.78. The largest absolute Gasteiger partial charge is 0.508 e. The third-order valence-corrected chi connectivity index (χ3v) is 6.73. The van der Waals surface area contributed by atoms with Crippen molar-refractivity contribution >= 4 is 27.5 Å². The molecular formula is C27H19BrClF5N2O. The number of pyridine rings is 1. The number of phenolic OH excluding ortho intramolecular Hbond substituents is 1. The minimum absolute atomic E-state index is 0.0424. The fraction of sp³-hybridized carbons (Fsp3) is 0.148. The zero-order valence-electron chi connectivity index (χ0n) is 19.0. The zero-order chi connectivity index (χ0) is 26.8. The van der Waals surface area contributed by atoms with E-state index in [1.54, 1.807) is 30.3 Å². The lowest BCUT2D eigenvalue weighted by Gasteiger charge is -2.36. The van der Waals surface area contributed by atoms with E-state index >= 15 is 0 Å². The van der Waals surface area contributed by atoms with Gasteiger partial charge >= 0.3 is 6.18 Å². The molecular weight excluding hydrogens is 579 g/mol. The Labute approximate surface area is 223 Å². The SMILES string of the molecule is Oc1cc(F)c(Br)cc1CNC(Cc1ccccc1)(c1cc(F)cc(C(F)(F)F)c1)c1ccc(Cl)cn1. The van der Waals surface area contributed by atoms with Gasteiger partial charge in [-0.05, 0) is 63.5 Å². The molecule has 0 aliphatic carbocycles. The van der Waals surface area contributed by atoms with Crippen LogP contribution in [0.1, 0.15) is 27.9 Å². The van der Waals surface area contributed by atoms with E-state index in [1.807, 2.05) is 0 Å². The number of benzene rings is 3. The lowest BCUT2D eigenvalue weighted by atomic mass is 9.79. The molecule has 2 N–H and O–H groups in total. The number of alkyl halides is 3. The molecule has 1 aromatic heterocycles. The van der Waals surface area contributed by atoms with Crippen LogP contribution in [0.4, 0.5) is 22.0 Å². The summed E-state index contributed by atoms with van der Waals surface area (Å²) in [6.45, 7) is -0.125. The van der Waals surface area contributed by atoms with Gasteiger partial charge in [-0.1, -0.05) is 41.9 Å². The number of rotatable bonds is 7. The molecule has 3 aromatic carbocycles. The second kappa shape index (κ2) is 10.8. The maximum absolute atomic E-state index is 14.7. The standard InChI is InChI=1S/C27H19BrClF5N2O/c28-22-8-17(24(37)12-23(22)31)14-36-26(13-16-4-2-1-3-5-16,25-7-6-20(29)15-35-25)18-9-19(27(32,33)34)11-21(30)10-18/h1-12,15,36-37H,13-14H2. The molecule has 192 valence electrons. The van der Waals surface area contributed by atoms with Gasteiger partial charge in [-0.2, -0.15) is 13.2 Å². The van der Waals surface area contributed by atoms with Gasteiger partial charge in [0.15, 0.2) is 0 Å². The molecule has 0 fully saturated rings. The first-order chi connectivity index (χ1) is 17.5. The number of halogens is 7. The average molecular weight is 598 g/mol. The van der Waals surface area contributed by atoms with Crippen molar-refractivity contribution in [2.45, 2.75) is 24.7 Å². The van der Waals surface area contributed by atoms with E-state index in [0.717, 1.165) is 18.2 Å². The van der Waals surface area contributed by atoms with Crippen molar-refractivity contribution in [3.05, 3.63) is 128 Å². The molecule has 3 nitrogen and oxygen atoms in total. The van der Waals surface area contributed by atoms with Crippen LogP contribution in [0.3, 0.4) is 0 Å². The fourth-order valence-electron chi connectivity index (χ4n) is 4.09. The number of phenols is 1. The van der Waals surface area contributed by atoms with Crippen molar-refractivity contribution in [1.29, 1.82) is 0 Å². The number of aromatic hydroxyl groups is 1. The topological polar surface area (TPSA) is 45.1 Å². The Morgan fingerprint density at radius 1 is 0.919 bits per heavy atom. The molecule has 0 aliphatic heterocycles. The van der Waals surface area contributed by atoms with Crippen molar-refractivity contribution in [1.82, 2.24) is 10.3 Å². The summed E-state index contributed by atoms with van der Waals surface area (Å²) >= 11 is 9.12. The Morgan fingerprint density at radius 2 is 1.62 bits per heavy atom. The highest BCUT2D eigenvalue weighted by Gasteiger charge is 2.39. The summed E-state index contributed by atoms with van der Waals surface area (Å²) in [6.07, 6.45) is -3.40. The lowest BCUT2D eigenvalue weighted by molar-refractivity contribution is -0.137. The van der Waals surface area contributed by atoms with E-state index in [2.05, 4.69) is 26.2 Å². The minimum atomic E-state index is -4.80. The summed E-state index contributed by atoms with van der Waals surface area (Å²) < 4.78 is 69.8. The van der Waals surface area contributed by atoms with Crippen LogP contribution in [0.25, 0.3) is 0 Å². The van der Waals surface area contributed by atoms with Gasteiger partial charge in [0, 0.05) is 30.8 Å². The highest BCUT2D eigenvalue weighted by Crippen LogP contribution is 2.38. The van der Waals surface area contributed by atoms with Gasteiger partial charge < -0.3 is 5.11 Å². The molecule has 1 atom stereocenters. The van der Waals surface area contributed by atoms with Crippen molar-refractivity contribution in [3.8, 4) is 5.75 Å². The van der Waals surface area contributed by atoms with Gasteiger partial charge in [0.2, 0.25) is 0 Å². The third kappa shape index (κ3) is 6.11. The second-order valence-electron chi connectivity index (χ2n) is 8.40. The van der Waals surface area contributed by atoms with E-state index in [0.29, 0.717) is 16.7 Å². The summed E-state index contributed by atoms with van der Waals surface area (Å²) in [5.74, 6) is -2.12. The van der Waals surface area contributed by atoms with Gasteiger partial charge in [0.1, 0.15) is 17.4 Å². The minimum Gasteiger partial charge on any atom is -0.508 e. The maximum Gasteiger partial charge on any atom is 0.416 e. The predicted molar refractivity (Wildman–Crippen MR) is 134 cm³/mol. The summed E-state index contributed by atoms with van der Waals surface area (Å²) in [7, 11) is 0. The summed E-state index contributed by atoms with van der Waals surface area (Å²) in [6, 6.07) is 16.5. The van der Waals surface area contributed by atoms with Crippen LogP contribution in [-0.4, -0.2) is 10.1 Å². The first-order valence-electron chi connectivity index (χ1n) is 10.9. The van der Waals surface area contributed by atoms with Crippen LogP contribution in [-0.2, 0) is 24.7 Å². The smallest absolute Gasteiger partial charge is 0.416 e. The quantitative estimate of drug-likeness (QED) is 0.214. The summed E-state index contributed by atoms with van der Waals surface area (Å²) in [5, 5.41) is 13.8. The van der Waals surface area contributed by atoms with E-state index in [-0.39, 0.29) is 40.0 Å². The van der Waals surface area contributed by atoms with Crippen LogP contribution in [0, 0.1) is 11.6 Å². The van der Waals surface area contributed by atoms with Crippen LogP contribution in [0.2, 0.25) is 5.02 Å². The maximum atomic E-state index is 14.7. The molecule has 0 radical (unpaired) electrons. The number of hydrogen-bond acceptors (Lipinski definition) is 3. The van der Waals surface area contributed by atoms with E-state index in [4.69, 9.17) is 11.6 Å². The first-order valence-corrected chi connectivity index (χ1v) is 12.1. The Morgan fingerprint density at radius 3 is 2.27 bits per heavy atom. The van der Waals surface area contributed by atoms with Crippen LogP contribution in [0.5, 0.6) is 5.75 Å². The van der Waals surface area contributed by atoms with Gasteiger partial charge in [-0.15, -0.1) is 0 Å². The Kier molecular flexibility index (Phi) is 7.87. The van der Waals surface area contributed by atoms with E-state index in [1.165, 1.54) is 24.4 Å². The number of hydrogen-bond donors (Lipinski definition) is 2. The van der Waals surface area contributed by atoms with Crippen LogP contribution < -0.4 is 5.32 Å². The normalized spacial score (nSPS) is 13.4. The Balaban J connectivity index is 1.94. The molecule has 1 unspecified atom stereocenters. The molecule has 0 saturated heterocycles. The Hall–Kier alpha value is -3.01. The zero-order valence-corrected chi connectivity index (χ0v) is 21.3. The Bertz CT molecular complexity index is 1400. The van der Waals surface area contributed by atoms with Crippen LogP contribution in [0.15, 0.2) is 83.5 Å². The molecule has 0 aliphatic rings. The van der Waals surface area contributed by atoms with E-state index < -0.39 is 28.9 Å². The van der Waals surface area contributed by atoms with Crippen molar-refractivity contribution < 1.29 is 27.1 Å². The second-order valence-corrected chi connectivity index (χ2v) is 9.70. The number of nitrogens with one attached hydrogen (secondary N) is 1. The van der Waals surface area contributed by atoms with Crippen LogP contribution >= 0.6 is 27.5 Å². The van der Waals surface area contributed by atoms with Gasteiger partial charge in [-0.3, -0.25) is 10.3 Å². The molecule has 0 bridgehead atoms. The molecule has 0 amide bonds. The highest BCUT2D eigenvalue weighted by molar-refractivity contribution is 9.10. The fourth-order valence-corrected chi connectivity index (χ4v) is 4.59. The highest BCUT2D eigenvalue weighted by atomic mass is 79.9. The lowest BCUT2D eigenvalue weighted by Crippen LogP contribution is -2.46.